The van der Waals surface area contributed by atoms with Crippen LogP contribution in [0.1, 0.15) is 32.0 Å². The minimum absolute atomic E-state index is 0.228. The van der Waals surface area contributed by atoms with E-state index in [0.717, 1.165) is 22.0 Å². The van der Waals surface area contributed by atoms with Crippen molar-refractivity contribution >= 4 is 28.5 Å². The van der Waals surface area contributed by atoms with Crippen LogP contribution in [-0.2, 0) is 13.0 Å². The van der Waals surface area contributed by atoms with Crippen LogP contribution in [0.25, 0.3) is 10.8 Å². The summed E-state index contributed by atoms with van der Waals surface area (Å²) in [5.41, 5.74) is 2.46. The van der Waals surface area contributed by atoms with Gasteiger partial charge in [0, 0.05) is 42.4 Å². The van der Waals surface area contributed by atoms with Crippen molar-refractivity contribution < 1.29 is 14.0 Å². The standard InChI is InChI=1S/C25H19FN4O2/c26-19-8-3-7-17(13-19)24(32)30-12-11-22-18(15-30)14-27-25(28-22)29-23(31)21-10-4-6-16-5-1-2-9-20(16)21/h1-10,13-14H,11-12,15H2,(H,27,28,29,31). The third-order valence-electron chi connectivity index (χ3n) is 5.55. The predicted molar refractivity (Wildman–Crippen MR) is 119 cm³/mol. The molecule has 0 spiro atoms. The van der Waals surface area contributed by atoms with Gasteiger partial charge in [0.1, 0.15) is 5.82 Å². The number of carbonyl (C=O) groups excluding carboxylic acids is 2. The molecule has 3 aromatic carbocycles. The molecule has 2 heterocycles. The average molecular weight is 426 g/mol. The minimum Gasteiger partial charge on any atom is -0.334 e. The summed E-state index contributed by atoms with van der Waals surface area (Å²) in [6.07, 6.45) is 2.15. The Kier molecular flexibility index (Phi) is 5.07. The SMILES string of the molecule is O=C(Nc1ncc2c(n1)CCN(C(=O)c1cccc(F)c1)C2)c1cccc2ccccc12. The minimum atomic E-state index is -0.442. The number of halogens is 1. The van der Waals surface area contributed by atoms with Gasteiger partial charge in [0.2, 0.25) is 5.95 Å². The first-order valence-corrected chi connectivity index (χ1v) is 10.3. The monoisotopic (exact) mass is 426 g/mol. The molecule has 1 aliphatic heterocycles. The molecule has 0 aliphatic carbocycles. The highest BCUT2D eigenvalue weighted by atomic mass is 19.1. The third-order valence-corrected chi connectivity index (χ3v) is 5.55. The van der Waals surface area contributed by atoms with Gasteiger partial charge in [-0.15, -0.1) is 0 Å². The second kappa shape index (κ2) is 8.19. The van der Waals surface area contributed by atoms with E-state index in [1.807, 2.05) is 36.4 Å². The third kappa shape index (κ3) is 3.80. The molecule has 0 saturated carbocycles. The lowest BCUT2D eigenvalue weighted by molar-refractivity contribution is 0.0732. The van der Waals surface area contributed by atoms with Crippen LogP contribution in [-0.4, -0.2) is 33.2 Å². The zero-order valence-electron chi connectivity index (χ0n) is 17.1. The zero-order valence-corrected chi connectivity index (χ0v) is 17.1. The number of hydrogen-bond acceptors (Lipinski definition) is 4. The summed E-state index contributed by atoms with van der Waals surface area (Å²) >= 11 is 0. The second-order valence-corrected chi connectivity index (χ2v) is 7.63. The first-order valence-electron chi connectivity index (χ1n) is 10.3. The number of hydrogen-bond donors (Lipinski definition) is 1. The molecule has 32 heavy (non-hydrogen) atoms. The topological polar surface area (TPSA) is 75.2 Å². The van der Waals surface area contributed by atoms with Crippen molar-refractivity contribution in [2.24, 2.45) is 0 Å². The lowest BCUT2D eigenvalue weighted by Crippen LogP contribution is -2.36. The smallest absolute Gasteiger partial charge is 0.258 e. The maximum absolute atomic E-state index is 13.5. The second-order valence-electron chi connectivity index (χ2n) is 7.63. The number of nitrogens with one attached hydrogen (secondary N) is 1. The Bertz CT molecular complexity index is 1350. The number of fused-ring (bicyclic) bond motifs is 2. The molecule has 0 atom stereocenters. The Morgan fingerprint density at radius 1 is 1.00 bits per heavy atom. The van der Waals surface area contributed by atoms with E-state index in [9.17, 15) is 14.0 Å². The van der Waals surface area contributed by atoms with Crippen LogP contribution in [0.4, 0.5) is 10.3 Å². The Labute approximate surface area is 183 Å². The van der Waals surface area contributed by atoms with E-state index in [1.165, 1.54) is 18.2 Å². The summed E-state index contributed by atoms with van der Waals surface area (Å²) in [5, 5.41) is 4.62. The first-order chi connectivity index (χ1) is 15.6. The van der Waals surface area contributed by atoms with E-state index >= 15 is 0 Å². The largest absolute Gasteiger partial charge is 0.334 e. The summed E-state index contributed by atoms with van der Waals surface area (Å²) in [6.45, 7) is 0.790. The average Bonchev–Trinajstić information content (AvgIpc) is 2.83. The maximum atomic E-state index is 13.5. The van der Waals surface area contributed by atoms with Gasteiger partial charge in [-0.1, -0.05) is 42.5 Å². The van der Waals surface area contributed by atoms with Crippen LogP contribution in [0.3, 0.4) is 0 Å². The molecule has 0 bridgehead atoms. The molecule has 0 unspecified atom stereocenters. The van der Waals surface area contributed by atoms with E-state index in [-0.39, 0.29) is 17.8 Å². The van der Waals surface area contributed by atoms with Crippen LogP contribution in [0.15, 0.2) is 72.9 Å². The van der Waals surface area contributed by atoms with Crippen LogP contribution in [0.2, 0.25) is 0 Å². The van der Waals surface area contributed by atoms with Gasteiger partial charge in [0.25, 0.3) is 11.8 Å². The van der Waals surface area contributed by atoms with Gasteiger partial charge in [-0.05, 0) is 35.0 Å². The maximum Gasteiger partial charge on any atom is 0.258 e. The molecule has 1 aromatic heterocycles. The van der Waals surface area contributed by atoms with Crippen molar-refractivity contribution in [2.45, 2.75) is 13.0 Å². The normalized spacial score (nSPS) is 13.0. The van der Waals surface area contributed by atoms with Gasteiger partial charge < -0.3 is 4.90 Å². The number of benzene rings is 3. The molecule has 2 amide bonds. The molecular weight excluding hydrogens is 407 g/mol. The van der Waals surface area contributed by atoms with Gasteiger partial charge in [0.15, 0.2) is 0 Å². The molecule has 0 radical (unpaired) electrons. The van der Waals surface area contributed by atoms with Crippen molar-refractivity contribution in [3.63, 3.8) is 0 Å². The fourth-order valence-corrected chi connectivity index (χ4v) is 3.95. The number of carbonyl (C=O) groups is 2. The molecule has 6 nitrogen and oxygen atoms in total. The van der Waals surface area contributed by atoms with E-state index in [1.54, 1.807) is 23.2 Å². The summed E-state index contributed by atoms with van der Waals surface area (Å²) in [7, 11) is 0. The van der Waals surface area contributed by atoms with Crippen LogP contribution < -0.4 is 5.32 Å². The zero-order chi connectivity index (χ0) is 22.1. The Morgan fingerprint density at radius 2 is 1.81 bits per heavy atom. The van der Waals surface area contributed by atoms with Gasteiger partial charge in [-0.25, -0.2) is 14.4 Å². The number of anilines is 1. The molecule has 0 saturated heterocycles. The summed E-state index contributed by atoms with van der Waals surface area (Å²) in [5.74, 6) is -0.723. The van der Waals surface area contributed by atoms with E-state index in [2.05, 4.69) is 15.3 Å². The highest BCUT2D eigenvalue weighted by molar-refractivity contribution is 6.12. The Balaban J connectivity index is 1.33. The molecule has 1 aliphatic rings. The van der Waals surface area contributed by atoms with Crippen molar-refractivity contribution in [3.8, 4) is 0 Å². The summed E-state index contributed by atoms with van der Waals surface area (Å²) in [6, 6.07) is 18.9. The molecule has 1 N–H and O–H groups in total. The van der Waals surface area contributed by atoms with Gasteiger partial charge in [-0.3, -0.25) is 14.9 Å². The fraction of sp³-hybridized carbons (Fsp3) is 0.120. The van der Waals surface area contributed by atoms with Crippen molar-refractivity contribution in [2.75, 3.05) is 11.9 Å². The van der Waals surface area contributed by atoms with Gasteiger partial charge >= 0.3 is 0 Å². The highest BCUT2D eigenvalue weighted by Crippen LogP contribution is 2.22. The number of nitrogens with zero attached hydrogens (tertiary/aromatic N) is 3. The first kappa shape index (κ1) is 19.8. The molecule has 7 heteroatoms. The van der Waals surface area contributed by atoms with Crippen LogP contribution >= 0.6 is 0 Å². The Hall–Kier alpha value is -4.13. The molecule has 4 aromatic rings. The number of amides is 2. The van der Waals surface area contributed by atoms with Gasteiger partial charge in [0.05, 0.1) is 5.69 Å². The van der Waals surface area contributed by atoms with Crippen LogP contribution in [0.5, 0.6) is 0 Å². The van der Waals surface area contributed by atoms with Crippen molar-refractivity contribution in [1.29, 1.82) is 0 Å². The Morgan fingerprint density at radius 3 is 2.69 bits per heavy atom. The fourth-order valence-electron chi connectivity index (χ4n) is 3.95. The van der Waals surface area contributed by atoms with Gasteiger partial charge in [-0.2, -0.15) is 0 Å². The van der Waals surface area contributed by atoms with Crippen molar-refractivity contribution in [1.82, 2.24) is 14.9 Å². The van der Waals surface area contributed by atoms with E-state index < -0.39 is 5.82 Å². The number of aromatic nitrogens is 2. The van der Waals surface area contributed by atoms with E-state index in [4.69, 9.17) is 0 Å². The van der Waals surface area contributed by atoms with Crippen LogP contribution in [0, 0.1) is 5.82 Å². The lowest BCUT2D eigenvalue weighted by atomic mass is 10.0. The molecular formula is C25H19FN4O2. The lowest BCUT2D eigenvalue weighted by Gasteiger charge is -2.28. The predicted octanol–water partition coefficient (Wildman–Crippen LogP) is 4.22. The summed E-state index contributed by atoms with van der Waals surface area (Å²) < 4.78 is 13.5. The van der Waals surface area contributed by atoms with E-state index in [0.29, 0.717) is 30.6 Å². The molecule has 5 rings (SSSR count). The summed E-state index contributed by atoms with van der Waals surface area (Å²) in [4.78, 5) is 36.0. The molecule has 0 fully saturated rings. The highest BCUT2D eigenvalue weighted by Gasteiger charge is 2.24. The quantitative estimate of drug-likeness (QED) is 0.532. The number of rotatable bonds is 3. The van der Waals surface area contributed by atoms with Crippen molar-refractivity contribution in [3.05, 3.63) is 101 Å². The molecule has 158 valence electrons.